The molecule has 0 spiro atoms. The number of methoxy groups -OCH3 is 1. The number of aliphatic hydroxyl groups excluding tert-OH is 1. The zero-order chi connectivity index (χ0) is 21.4. The molecule has 8 heteroatoms. The van der Waals surface area contributed by atoms with Crippen LogP contribution in [0.3, 0.4) is 0 Å². The predicted octanol–water partition coefficient (Wildman–Crippen LogP) is 4.45. The number of hydrogen-bond acceptors (Lipinski definition) is 5. The molecule has 0 bridgehead atoms. The number of Topliss-reactive ketones (excluding diaryl/α,β-unsaturated/α-hetero) is 1. The molecule has 1 N–H and O–H groups in total. The number of nitrogens with zero attached hydrogens (tertiary/aromatic N) is 1. The Kier molecular flexibility index (Phi) is 5.32. The van der Waals surface area contributed by atoms with E-state index in [2.05, 4.69) is 0 Å². The Morgan fingerprint density at radius 2 is 2.03 bits per heavy atom. The van der Waals surface area contributed by atoms with E-state index >= 15 is 0 Å². The van der Waals surface area contributed by atoms with Crippen molar-refractivity contribution in [1.82, 2.24) is 4.90 Å². The lowest BCUT2D eigenvalue weighted by Gasteiger charge is -2.26. The summed E-state index contributed by atoms with van der Waals surface area (Å²) >= 11 is 5.98. The third-order valence-corrected chi connectivity index (χ3v) is 5.22. The quantitative estimate of drug-likeness (QED) is 0.585. The molecular weight excluding hydrogens is 413 g/mol. The summed E-state index contributed by atoms with van der Waals surface area (Å²) in [5, 5.41) is 11.6. The van der Waals surface area contributed by atoms with E-state index < -0.39 is 29.3 Å². The lowest BCUT2D eigenvalue weighted by atomic mass is 9.94. The number of fused-ring (bicyclic) bond motifs is 1. The van der Waals surface area contributed by atoms with Crippen molar-refractivity contribution in [2.45, 2.75) is 6.04 Å². The van der Waals surface area contributed by atoms with E-state index in [4.69, 9.17) is 20.8 Å². The first kappa shape index (κ1) is 20.1. The number of rotatable bonds is 6. The number of ketones is 1. The maximum absolute atomic E-state index is 14.6. The molecule has 1 amide bonds. The Balaban J connectivity index is 1.82. The Morgan fingerprint density at radius 3 is 2.77 bits per heavy atom. The summed E-state index contributed by atoms with van der Waals surface area (Å²) in [5.41, 5.74) is 0.269. The molecule has 1 atom stereocenters. The van der Waals surface area contributed by atoms with Gasteiger partial charge in [0.05, 0.1) is 18.2 Å². The molecule has 0 aliphatic carbocycles. The molecule has 6 nitrogen and oxygen atoms in total. The van der Waals surface area contributed by atoms with Crippen molar-refractivity contribution in [2.75, 3.05) is 20.3 Å². The van der Waals surface area contributed by atoms with Crippen molar-refractivity contribution in [2.24, 2.45) is 0 Å². The molecule has 0 radical (unpaired) electrons. The highest BCUT2D eigenvalue weighted by atomic mass is 35.5. The van der Waals surface area contributed by atoms with Crippen LogP contribution in [0.25, 0.3) is 11.0 Å². The number of benzene rings is 2. The van der Waals surface area contributed by atoms with Gasteiger partial charge in [0.1, 0.15) is 11.4 Å². The van der Waals surface area contributed by atoms with Crippen molar-refractivity contribution in [3.63, 3.8) is 0 Å². The Labute approximate surface area is 176 Å². The van der Waals surface area contributed by atoms with Gasteiger partial charge in [-0.15, -0.1) is 0 Å². The summed E-state index contributed by atoms with van der Waals surface area (Å²) in [6.45, 7) is 0.208. The van der Waals surface area contributed by atoms with Gasteiger partial charge in [0.2, 0.25) is 5.78 Å². The van der Waals surface area contributed by atoms with Crippen LogP contribution in [0, 0.1) is 5.82 Å². The van der Waals surface area contributed by atoms with Gasteiger partial charge in [0.25, 0.3) is 5.91 Å². The van der Waals surface area contributed by atoms with Gasteiger partial charge < -0.3 is 19.2 Å². The summed E-state index contributed by atoms with van der Waals surface area (Å²) in [5.74, 6) is -2.90. The van der Waals surface area contributed by atoms with Crippen LogP contribution in [0.1, 0.15) is 22.2 Å². The van der Waals surface area contributed by atoms with Gasteiger partial charge in [0, 0.05) is 29.6 Å². The average molecular weight is 430 g/mol. The van der Waals surface area contributed by atoms with E-state index in [9.17, 15) is 19.1 Å². The fourth-order valence-corrected chi connectivity index (χ4v) is 3.77. The maximum Gasteiger partial charge on any atom is 0.290 e. The molecule has 2 aromatic carbocycles. The zero-order valence-corrected chi connectivity index (χ0v) is 16.6. The normalized spacial score (nSPS) is 16.7. The number of furan rings is 1. The molecule has 154 valence electrons. The van der Waals surface area contributed by atoms with Crippen LogP contribution < -0.4 is 0 Å². The van der Waals surface area contributed by atoms with Crippen LogP contribution in [0.2, 0.25) is 5.02 Å². The van der Waals surface area contributed by atoms with Crippen molar-refractivity contribution in [3.05, 3.63) is 82.0 Å². The SMILES string of the molecule is COCCN1C(=O)C(O)=C(C(=O)c2cc3cc(Cl)ccc3o2)C1c1ccccc1F. The Hall–Kier alpha value is -3.16. The summed E-state index contributed by atoms with van der Waals surface area (Å²) in [6.07, 6.45) is 0. The summed E-state index contributed by atoms with van der Waals surface area (Å²) in [6, 6.07) is 11.0. The number of aliphatic hydroxyl groups is 1. The highest BCUT2D eigenvalue weighted by molar-refractivity contribution is 6.31. The highest BCUT2D eigenvalue weighted by Crippen LogP contribution is 2.40. The second-order valence-electron chi connectivity index (χ2n) is 6.80. The minimum atomic E-state index is -1.11. The van der Waals surface area contributed by atoms with Gasteiger partial charge in [0.15, 0.2) is 11.5 Å². The lowest BCUT2D eigenvalue weighted by Crippen LogP contribution is -2.34. The third kappa shape index (κ3) is 3.36. The number of hydrogen-bond donors (Lipinski definition) is 1. The monoisotopic (exact) mass is 429 g/mol. The van der Waals surface area contributed by atoms with Gasteiger partial charge in [-0.05, 0) is 30.3 Å². The van der Waals surface area contributed by atoms with Crippen LogP contribution >= 0.6 is 11.6 Å². The summed E-state index contributed by atoms with van der Waals surface area (Å²) in [4.78, 5) is 27.2. The largest absolute Gasteiger partial charge is 0.503 e. The number of carbonyl (C=O) groups excluding carboxylic acids is 2. The Morgan fingerprint density at radius 1 is 1.27 bits per heavy atom. The van der Waals surface area contributed by atoms with Gasteiger partial charge in [-0.3, -0.25) is 9.59 Å². The topological polar surface area (TPSA) is 80.0 Å². The number of amides is 1. The first-order valence-electron chi connectivity index (χ1n) is 9.13. The van der Waals surface area contributed by atoms with Crippen molar-refractivity contribution < 1.29 is 28.2 Å². The maximum atomic E-state index is 14.6. The summed E-state index contributed by atoms with van der Waals surface area (Å²) in [7, 11) is 1.46. The van der Waals surface area contributed by atoms with Crippen LogP contribution in [0.4, 0.5) is 4.39 Å². The molecule has 4 rings (SSSR count). The van der Waals surface area contributed by atoms with Gasteiger partial charge >= 0.3 is 0 Å². The fraction of sp³-hybridized carbons (Fsp3) is 0.182. The van der Waals surface area contributed by atoms with Crippen molar-refractivity contribution >= 4 is 34.3 Å². The van der Waals surface area contributed by atoms with E-state index in [-0.39, 0.29) is 30.0 Å². The third-order valence-electron chi connectivity index (χ3n) is 4.99. The Bertz CT molecular complexity index is 1190. The molecule has 2 heterocycles. The van der Waals surface area contributed by atoms with E-state index in [0.29, 0.717) is 16.0 Å². The smallest absolute Gasteiger partial charge is 0.290 e. The molecule has 1 aromatic heterocycles. The van der Waals surface area contributed by atoms with E-state index in [1.54, 1.807) is 24.3 Å². The van der Waals surface area contributed by atoms with E-state index in [0.717, 1.165) is 0 Å². The number of ether oxygens (including phenoxy) is 1. The molecule has 0 fully saturated rings. The molecule has 3 aromatic rings. The molecule has 1 aliphatic rings. The van der Waals surface area contributed by atoms with E-state index in [1.165, 1.54) is 36.3 Å². The highest BCUT2D eigenvalue weighted by Gasteiger charge is 2.45. The first-order chi connectivity index (χ1) is 14.4. The van der Waals surface area contributed by atoms with Crippen molar-refractivity contribution in [3.8, 4) is 0 Å². The van der Waals surface area contributed by atoms with Gasteiger partial charge in [-0.2, -0.15) is 0 Å². The van der Waals surface area contributed by atoms with Gasteiger partial charge in [-0.25, -0.2) is 4.39 Å². The molecule has 0 saturated heterocycles. The molecule has 1 aliphatic heterocycles. The number of halogens is 2. The fourth-order valence-electron chi connectivity index (χ4n) is 3.58. The second-order valence-corrected chi connectivity index (χ2v) is 7.24. The molecule has 1 unspecified atom stereocenters. The minimum Gasteiger partial charge on any atom is -0.503 e. The zero-order valence-electron chi connectivity index (χ0n) is 15.9. The van der Waals surface area contributed by atoms with Crippen LogP contribution in [0.15, 0.2) is 64.3 Å². The standard InChI is InChI=1S/C22H17ClFNO5/c1-29-9-8-25-19(14-4-2-3-5-15(14)24)18(21(27)22(25)28)20(26)17-11-12-10-13(23)6-7-16(12)30-17/h2-7,10-11,19,27H,8-9H2,1H3. The lowest BCUT2D eigenvalue weighted by molar-refractivity contribution is -0.130. The first-order valence-corrected chi connectivity index (χ1v) is 9.51. The molecular formula is C22H17ClFNO5. The minimum absolute atomic E-state index is 0.0604. The van der Waals surface area contributed by atoms with Crippen molar-refractivity contribution in [1.29, 1.82) is 0 Å². The second kappa shape index (κ2) is 7.93. The van der Waals surface area contributed by atoms with Crippen LogP contribution in [-0.4, -0.2) is 42.0 Å². The van der Waals surface area contributed by atoms with E-state index in [1.807, 2.05) is 0 Å². The summed E-state index contributed by atoms with van der Waals surface area (Å²) < 4.78 is 25.3. The van der Waals surface area contributed by atoms with Crippen LogP contribution in [-0.2, 0) is 9.53 Å². The molecule has 0 saturated carbocycles. The average Bonchev–Trinajstić information content (AvgIpc) is 3.25. The van der Waals surface area contributed by atoms with Crippen LogP contribution in [0.5, 0.6) is 0 Å². The predicted molar refractivity (Wildman–Crippen MR) is 108 cm³/mol. The molecule has 30 heavy (non-hydrogen) atoms. The van der Waals surface area contributed by atoms with Gasteiger partial charge in [-0.1, -0.05) is 29.8 Å². The number of carbonyl (C=O) groups is 2.